The van der Waals surface area contributed by atoms with E-state index < -0.39 is 150 Å². The molecule has 0 aromatic heterocycles. The average molecular weight is 1150 g/mol. The van der Waals surface area contributed by atoms with Gasteiger partial charge in [0.15, 0.2) is 2.74 Å². The number of hydroxylamine groups is 1. The number of nitrogens with zero attached hydrogens (tertiary/aromatic N) is 1. The standard InChI is InChI=1S/C45H66N10O21S2/c1-27(2)36(40(60)47-30(7)38(58)49-34-13-9-32(10-14-34)23-71-25-56)51-42(62)73-20-18-55(78(68,69)54-44(64)74-22-21-70-19-17-46-77(66,67)53-45(65)75-29(5)6)76-43(63)52-37(28(3)4)41(61)48-31(8)39(59)50-35-15-11-33(12-16-35)24-72-26-57/h9-16,25-31,36-37,46H,17-24H2,1-8H3,(H,47,60)(H,48,61)(H,49,58)(H,50,59)(H,51,62)(H,52,63)(H,53,65)(H,54,64)/t30-,31-,36-,37-/m0/s1/i25D,26D. The van der Waals surface area contributed by atoms with Crippen molar-refractivity contribution in [2.24, 2.45) is 11.8 Å². The zero-order valence-corrected chi connectivity index (χ0v) is 45.3. The van der Waals surface area contributed by atoms with Crippen LogP contribution in [-0.2, 0) is 95.7 Å². The van der Waals surface area contributed by atoms with Gasteiger partial charge in [-0.05, 0) is 79.4 Å². The molecule has 2 rings (SSSR count). The van der Waals surface area contributed by atoms with Gasteiger partial charge in [-0.2, -0.15) is 21.6 Å². The van der Waals surface area contributed by atoms with E-state index in [2.05, 4.69) is 46.1 Å². The van der Waals surface area contributed by atoms with Crippen molar-refractivity contribution in [3.63, 3.8) is 0 Å². The van der Waals surface area contributed by atoms with Gasteiger partial charge in [-0.3, -0.25) is 28.8 Å². The Labute approximate surface area is 452 Å². The quantitative estimate of drug-likeness (QED) is 0.0212. The lowest BCUT2D eigenvalue weighted by molar-refractivity contribution is -0.130. The molecule has 0 aliphatic rings. The van der Waals surface area contributed by atoms with E-state index in [9.17, 15) is 64.8 Å². The molecule has 8 amide bonds. The average Bonchev–Trinajstić information content (AvgIpc) is 3.35. The molecule has 0 aliphatic heterocycles. The number of amides is 8. The molecule has 0 aliphatic carbocycles. The molecule has 2 aromatic rings. The van der Waals surface area contributed by atoms with Crippen molar-refractivity contribution in [1.82, 2.24) is 39.9 Å². The Kier molecular flexibility index (Phi) is 26.8. The summed E-state index contributed by atoms with van der Waals surface area (Å²) in [5.74, 6) is -4.56. The molecule has 0 fully saturated rings. The molecular formula is C45H66N10O21S2. The van der Waals surface area contributed by atoms with E-state index in [0.29, 0.717) is 16.8 Å². The molecule has 78 heavy (non-hydrogen) atoms. The predicted octanol–water partition coefficient (Wildman–Crippen LogP) is 0.294. The van der Waals surface area contributed by atoms with Crippen molar-refractivity contribution in [1.29, 1.82) is 0 Å². The maximum absolute atomic E-state index is 13.5. The van der Waals surface area contributed by atoms with Crippen molar-refractivity contribution in [2.45, 2.75) is 98.9 Å². The summed E-state index contributed by atoms with van der Waals surface area (Å²) in [7, 11) is -9.64. The van der Waals surface area contributed by atoms with E-state index in [1.165, 1.54) is 109 Å². The lowest BCUT2D eigenvalue weighted by atomic mass is 10.0. The van der Waals surface area contributed by atoms with Gasteiger partial charge in [-0.15, -0.1) is 0 Å². The summed E-state index contributed by atoms with van der Waals surface area (Å²) in [6.45, 7) is 7.57. The van der Waals surface area contributed by atoms with Gasteiger partial charge in [-0.25, -0.2) is 28.6 Å². The number of carbonyl (C=O) groups is 10. The number of ether oxygens (including phenoxy) is 6. The van der Waals surface area contributed by atoms with Crippen molar-refractivity contribution in [3.8, 4) is 0 Å². The maximum Gasteiger partial charge on any atom is 0.427 e. The fourth-order valence-corrected chi connectivity index (χ4v) is 7.40. The third kappa shape index (κ3) is 25.8. The van der Waals surface area contributed by atoms with Crippen LogP contribution in [0.4, 0.5) is 30.6 Å². The zero-order valence-electron chi connectivity index (χ0n) is 45.7. The Morgan fingerprint density at radius 2 is 1.03 bits per heavy atom. The van der Waals surface area contributed by atoms with Crippen molar-refractivity contribution >= 4 is 92.7 Å². The van der Waals surface area contributed by atoms with E-state index in [4.69, 9.17) is 21.8 Å². The molecule has 4 atom stereocenters. The predicted molar refractivity (Wildman–Crippen MR) is 271 cm³/mol. The first-order chi connectivity index (χ1) is 37.4. The summed E-state index contributed by atoms with van der Waals surface area (Å²) in [6.07, 6.45) is -8.89. The Morgan fingerprint density at radius 3 is 1.47 bits per heavy atom. The fourth-order valence-electron chi connectivity index (χ4n) is 5.86. The lowest BCUT2D eigenvalue weighted by Crippen LogP contribution is -2.55. The van der Waals surface area contributed by atoms with Gasteiger partial charge in [0.05, 0.1) is 25.9 Å². The summed E-state index contributed by atoms with van der Waals surface area (Å²) in [5, 5.41) is 14.5. The molecule has 33 heteroatoms. The number of carbonyl (C=O) groups excluding carboxylic acids is 10. The molecule has 0 saturated heterocycles. The van der Waals surface area contributed by atoms with Crippen LogP contribution in [-0.4, -0.2) is 152 Å². The first-order valence-corrected chi connectivity index (χ1v) is 26.4. The topological polar surface area (TPSA) is 415 Å². The Hall–Kier alpha value is -7.88. The van der Waals surface area contributed by atoms with Gasteiger partial charge in [0.1, 0.15) is 50.6 Å². The van der Waals surface area contributed by atoms with Crippen LogP contribution in [0.15, 0.2) is 48.5 Å². The number of nitrogens with one attached hydrogen (secondary N) is 9. The van der Waals surface area contributed by atoms with Crippen molar-refractivity contribution < 1.29 is 101 Å². The second-order valence-corrected chi connectivity index (χ2v) is 20.2. The van der Waals surface area contributed by atoms with Crippen molar-refractivity contribution in [2.75, 3.05) is 50.2 Å². The number of alkyl carbamates (subject to hydrolysis) is 1. The Balaban J connectivity index is 2.14. The second-order valence-electron chi connectivity index (χ2n) is 17.2. The Bertz CT molecular complexity index is 2690. The maximum atomic E-state index is 13.5. The highest BCUT2D eigenvalue weighted by Crippen LogP contribution is 2.14. The van der Waals surface area contributed by atoms with Crippen molar-refractivity contribution in [3.05, 3.63) is 59.7 Å². The van der Waals surface area contributed by atoms with E-state index in [1.807, 2.05) is 4.72 Å². The van der Waals surface area contributed by atoms with Gasteiger partial charge in [0.2, 0.25) is 23.6 Å². The molecular weight excluding hydrogens is 1080 g/mol. The van der Waals surface area contributed by atoms with Crippen LogP contribution in [0.5, 0.6) is 0 Å². The molecule has 0 saturated carbocycles. The highest BCUT2D eigenvalue weighted by atomic mass is 32.2. The Morgan fingerprint density at radius 1 is 0.564 bits per heavy atom. The number of hydrogen-bond acceptors (Lipinski definition) is 21. The molecule has 0 bridgehead atoms. The van der Waals surface area contributed by atoms with E-state index in [1.54, 1.807) is 4.72 Å². The molecule has 2 aromatic carbocycles. The molecule has 0 unspecified atom stereocenters. The first kappa shape index (κ1) is 62.7. The number of anilines is 2. The summed E-state index contributed by atoms with van der Waals surface area (Å²) < 4.78 is 98.5. The van der Waals surface area contributed by atoms with Gasteiger partial charge < -0.3 is 65.2 Å². The number of benzene rings is 2. The minimum absolute atomic E-state index is 0.148. The minimum atomic E-state index is -5.31. The van der Waals surface area contributed by atoms with E-state index in [0.717, 1.165) is 0 Å². The fraction of sp³-hybridized carbons (Fsp3) is 0.511. The molecule has 0 spiro atoms. The van der Waals surface area contributed by atoms with Gasteiger partial charge in [0, 0.05) is 17.9 Å². The summed E-state index contributed by atoms with van der Waals surface area (Å²) in [6, 6.07) is 6.72. The molecule has 31 nitrogen and oxygen atoms in total. The molecule has 434 valence electrons. The largest absolute Gasteiger partial charge is 0.463 e. The second kappa shape index (κ2) is 33.3. The van der Waals surface area contributed by atoms with Crippen LogP contribution in [0.25, 0.3) is 0 Å². The first-order valence-electron chi connectivity index (χ1n) is 24.5. The zero-order chi connectivity index (χ0) is 60.3. The smallest absolute Gasteiger partial charge is 0.427 e. The number of rotatable bonds is 31. The number of hydrogen-bond donors (Lipinski definition) is 9. The van der Waals surface area contributed by atoms with Crippen LogP contribution in [0.2, 0.25) is 0 Å². The highest BCUT2D eigenvalue weighted by Gasteiger charge is 2.34. The summed E-state index contributed by atoms with van der Waals surface area (Å²) in [5.41, 5.74) is 1.63. The molecule has 9 N–H and O–H groups in total. The van der Waals surface area contributed by atoms with Gasteiger partial charge >= 0.3 is 44.8 Å². The molecule has 0 heterocycles. The van der Waals surface area contributed by atoms with Crippen LogP contribution in [0.1, 0.15) is 69.3 Å². The lowest BCUT2D eigenvalue weighted by Gasteiger charge is -2.26. The monoisotopic (exact) mass is 1150 g/mol. The third-order valence-electron chi connectivity index (χ3n) is 9.72. The van der Waals surface area contributed by atoms with Gasteiger partial charge in [-0.1, -0.05) is 52.0 Å². The van der Waals surface area contributed by atoms with Crippen LogP contribution < -0.4 is 46.1 Å². The molecule has 0 radical (unpaired) electrons. The summed E-state index contributed by atoms with van der Waals surface area (Å²) >= 11 is 0. The summed E-state index contributed by atoms with van der Waals surface area (Å²) in [4.78, 5) is 130. The third-order valence-corrected chi connectivity index (χ3v) is 12.0. The van der Waals surface area contributed by atoms with Crippen LogP contribution in [0, 0.1) is 11.8 Å². The van der Waals surface area contributed by atoms with Crippen LogP contribution >= 0.6 is 0 Å². The van der Waals surface area contributed by atoms with E-state index in [-0.39, 0.29) is 36.5 Å². The minimum Gasteiger partial charge on any atom is -0.463 e. The van der Waals surface area contributed by atoms with Crippen LogP contribution in [0.3, 0.4) is 0 Å². The van der Waals surface area contributed by atoms with E-state index >= 15 is 0 Å². The highest BCUT2D eigenvalue weighted by molar-refractivity contribution is 7.88. The van der Waals surface area contributed by atoms with Gasteiger partial charge in [0.25, 0.3) is 12.9 Å². The SMILES string of the molecule is [2H]C(=O)OCc1ccc(NC(=O)[C@H](C)NC(=O)[C@@H](NC(=O)OCCN(OC(=O)N[C@H](C(=O)N[C@@H](C)C(=O)Nc2ccc(COC([2H])=O)cc2)C(C)C)S(=O)(=O)NC(=O)OCCOCCNS(=O)(=O)NC(=O)OC(C)C)C(C)C)cc1. The normalized spacial score (nSPS) is 13.2.